The first kappa shape index (κ1) is 24.7. The number of likely N-dealkylation sites (tertiary alicyclic amines) is 1. The van der Waals surface area contributed by atoms with E-state index in [1.54, 1.807) is 0 Å². The van der Waals surface area contributed by atoms with Crippen LogP contribution in [0.1, 0.15) is 45.4 Å². The van der Waals surface area contributed by atoms with Crippen molar-refractivity contribution in [3.8, 4) is 0 Å². The summed E-state index contributed by atoms with van der Waals surface area (Å²) in [7, 11) is 6.28. The van der Waals surface area contributed by atoms with E-state index >= 15 is 0 Å². The average molecular weight is 521 g/mol. The first-order chi connectivity index (χ1) is 13.5. The van der Waals surface area contributed by atoms with Gasteiger partial charge in [-0.05, 0) is 46.7 Å². The van der Waals surface area contributed by atoms with Gasteiger partial charge in [0, 0.05) is 58.4 Å². The van der Waals surface area contributed by atoms with Crippen LogP contribution in [0.15, 0.2) is 4.99 Å². The smallest absolute Gasteiger partial charge is 0.239 e. The maximum Gasteiger partial charge on any atom is 0.239 e. The number of amides is 1. The van der Waals surface area contributed by atoms with Gasteiger partial charge in [-0.25, -0.2) is 0 Å². The van der Waals surface area contributed by atoms with E-state index in [0.29, 0.717) is 5.91 Å². The average Bonchev–Trinajstić information content (AvgIpc) is 3.40. The molecular weight excluding hydrogens is 479 g/mol. The van der Waals surface area contributed by atoms with Gasteiger partial charge in [-0.3, -0.25) is 14.7 Å². The zero-order valence-corrected chi connectivity index (χ0v) is 21.2. The summed E-state index contributed by atoms with van der Waals surface area (Å²) >= 11 is 0. The van der Waals surface area contributed by atoms with E-state index in [-0.39, 0.29) is 35.6 Å². The summed E-state index contributed by atoms with van der Waals surface area (Å²) in [5.41, 5.74) is 0.258. The molecule has 1 N–H and O–H groups in total. The molecule has 0 radical (unpaired) electrons. The van der Waals surface area contributed by atoms with Crippen LogP contribution in [0.4, 0.5) is 0 Å². The standard InChI is InChI=1S/C21H40N6O.HI/c1-18(19(28)26-11-7-8-12-26)25-13-15-27(16-14-25)20(22-2)23-17-21(24(3)4)9-5-6-10-21;/h18H,5-17H2,1-4H3,(H,22,23);1H. The van der Waals surface area contributed by atoms with Gasteiger partial charge in [0.25, 0.3) is 0 Å². The van der Waals surface area contributed by atoms with Gasteiger partial charge in [-0.15, -0.1) is 24.0 Å². The SMILES string of the molecule is CN=C(NCC1(N(C)C)CCCC1)N1CCN(C(C)C(=O)N2CCCC2)CC1.I. The van der Waals surface area contributed by atoms with Crippen LogP contribution in [0, 0.1) is 0 Å². The minimum absolute atomic E-state index is 0. The van der Waals surface area contributed by atoms with Gasteiger partial charge in [0.2, 0.25) is 5.91 Å². The minimum Gasteiger partial charge on any atom is -0.354 e. The first-order valence-corrected chi connectivity index (χ1v) is 11.1. The molecule has 1 aliphatic carbocycles. The zero-order chi connectivity index (χ0) is 20.1. The Morgan fingerprint density at radius 2 is 1.59 bits per heavy atom. The highest BCUT2D eigenvalue weighted by atomic mass is 127. The van der Waals surface area contributed by atoms with Crippen molar-refractivity contribution < 1.29 is 4.79 Å². The number of halogens is 1. The molecule has 7 nitrogen and oxygen atoms in total. The van der Waals surface area contributed by atoms with Gasteiger partial charge >= 0.3 is 0 Å². The molecule has 1 saturated carbocycles. The summed E-state index contributed by atoms with van der Waals surface area (Å²) in [5.74, 6) is 1.31. The molecule has 29 heavy (non-hydrogen) atoms. The van der Waals surface area contributed by atoms with Crippen molar-refractivity contribution in [2.75, 3.05) is 67.0 Å². The Morgan fingerprint density at radius 3 is 2.10 bits per heavy atom. The van der Waals surface area contributed by atoms with Crippen molar-refractivity contribution in [3.05, 3.63) is 0 Å². The highest BCUT2D eigenvalue weighted by Gasteiger charge is 2.36. The molecule has 0 aromatic rings. The van der Waals surface area contributed by atoms with Crippen LogP contribution in [-0.4, -0.2) is 110 Å². The Labute approximate surface area is 194 Å². The molecule has 1 atom stereocenters. The highest BCUT2D eigenvalue weighted by molar-refractivity contribution is 14.0. The summed E-state index contributed by atoms with van der Waals surface area (Å²) in [6.45, 7) is 8.58. The number of piperazine rings is 1. The Hall–Kier alpha value is -0.610. The second-order valence-electron chi connectivity index (χ2n) is 8.96. The molecule has 1 amide bonds. The number of hydrogen-bond acceptors (Lipinski definition) is 4. The van der Waals surface area contributed by atoms with Crippen molar-refractivity contribution in [2.24, 2.45) is 4.99 Å². The lowest BCUT2D eigenvalue weighted by Crippen LogP contribution is -2.59. The van der Waals surface area contributed by atoms with Gasteiger partial charge in [0.1, 0.15) is 0 Å². The van der Waals surface area contributed by atoms with Gasteiger partial charge in [0.05, 0.1) is 6.04 Å². The first-order valence-electron chi connectivity index (χ1n) is 11.1. The quantitative estimate of drug-likeness (QED) is 0.340. The lowest BCUT2D eigenvalue weighted by atomic mass is 9.96. The van der Waals surface area contributed by atoms with Crippen molar-refractivity contribution in [3.63, 3.8) is 0 Å². The third kappa shape index (κ3) is 5.76. The van der Waals surface area contributed by atoms with Crippen molar-refractivity contribution in [1.82, 2.24) is 24.9 Å². The molecule has 1 unspecified atom stereocenters. The van der Waals surface area contributed by atoms with E-state index < -0.39 is 0 Å². The molecule has 0 spiro atoms. The van der Waals surface area contributed by atoms with Crippen LogP contribution in [-0.2, 0) is 4.79 Å². The largest absolute Gasteiger partial charge is 0.354 e. The van der Waals surface area contributed by atoms with Crippen molar-refractivity contribution >= 4 is 35.8 Å². The topological polar surface area (TPSA) is 54.4 Å². The summed E-state index contributed by atoms with van der Waals surface area (Å²) in [6.07, 6.45) is 7.47. The second kappa shape index (κ2) is 11.1. The van der Waals surface area contributed by atoms with E-state index in [1.807, 2.05) is 11.9 Å². The summed E-state index contributed by atoms with van der Waals surface area (Å²) in [5, 5.41) is 3.66. The maximum absolute atomic E-state index is 12.7. The molecule has 8 heteroatoms. The normalized spacial score (nSPS) is 24.0. The number of rotatable bonds is 5. The Kier molecular flexibility index (Phi) is 9.47. The fourth-order valence-corrected chi connectivity index (χ4v) is 5.07. The molecule has 0 aromatic carbocycles. The number of likely N-dealkylation sites (N-methyl/N-ethyl adjacent to an activating group) is 1. The summed E-state index contributed by atoms with van der Waals surface area (Å²) in [4.78, 5) is 26.4. The number of hydrogen-bond donors (Lipinski definition) is 1. The number of aliphatic imine (C=N–C) groups is 1. The van der Waals surface area contributed by atoms with E-state index in [0.717, 1.165) is 64.6 Å². The summed E-state index contributed by atoms with van der Waals surface area (Å²) < 4.78 is 0. The van der Waals surface area contributed by atoms with E-state index in [2.05, 4.69) is 46.0 Å². The fourth-order valence-electron chi connectivity index (χ4n) is 5.07. The van der Waals surface area contributed by atoms with Crippen LogP contribution in [0.2, 0.25) is 0 Å². The molecule has 3 aliphatic rings. The van der Waals surface area contributed by atoms with Crippen LogP contribution in [0.5, 0.6) is 0 Å². The van der Waals surface area contributed by atoms with Crippen molar-refractivity contribution in [1.29, 1.82) is 0 Å². The van der Waals surface area contributed by atoms with Crippen molar-refractivity contribution in [2.45, 2.75) is 57.0 Å². The number of carbonyl (C=O) groups is 1. The molecule has 3 fully saturated rings. The fraction of sp³-hybridized carbons (Fsp3) is 0.905. The third-order valence-electron chi connectivity index (χ3n) is 7.21. The highest BCUT2D eigenvalue weighted by Crippen LogP contribution is 2.33. The van der Waals surface area contributed by atoms with Crippen LogP contribution in [0.25, 0.3) is 0 Å². The molecular formula is C21H41IN6O. The number of nitrogens with zero attached hydrogens (tertiary/aromatic N) is 5. The lowest BCUT2D eigenvalue weighted by Gasteiger charge is -2.41. The molecule has 0 aromatic heterocycles. The van der Waals surface area contributed by atoms with Gasteiger partial charge in [0.15, 0.2) is 5.96 Å². The third-order valence-corrected chi connectivity index (χ3v) is 7.21. The van der Waals surface area contributed by atoms with Gasteiger partial charge in [-0.2, -0.15) is 0 Å². The lowest BCUT2D eigenvalue weighted by molar-refractivity contribution is -0.135. The molecule has 0 bridgehead atoms. The molecule has 2 aliphatic heterocycles. The number of guanidine groups is 1. The minimum atomic E-state index is -0.00859. The monoisotopic (exact) mass is 520 g/mol. The van der Waals surface area contributed by atoms with Crippen LogP contribution < -0.4 is 5.32 Å². The number of carbonyl (C=O) groups excluding carboxylic acids is 1. The molecule has 168 valence electrons. The molecule has 3 rings (SSSR count). The zero-order valence-electron chi connectivity index (χ0n) is 18.8. The van der Waals surface area contributed by atoms with Gasteiger partial charge in [-0.1, -0.05) is 12.8 Å². The van der Waals surface area contributed by atoms with E-state index in [4.69, 9.17) is 0 Å². The predicted octanol–water partition coefficient (Wildman–Crippen LogP) is 1.68. The van der Waals surface area contributed by atoms with Crippen LogP contribution >= 0.6 is 24.0 Å². The van der Waals surface area contributed by atoms with E-state index in [9.17, 15) is 4.79 Å². The maximum atomic E-state index is 12.7. The van der Waals surface area contributed by atoms with Crippen LogP contribution in [0.3, 0.4) is 0 Å². The number of nitrogens with one attached hydrogen (secondary N) is 1. The molecule has 2 saturated heterocycles. The van der Waals surface area contributed by atoms with E-state index in [1.165, 1.54) is 25.7 Å². The Morgan fingerprint density at radius 1 is 1.00 bits per heavy atom. The van der Waals surface area contributed by atoms with Gasteiger partial charge < -0.3 is 20.0 Å². The molecule has 2 heterocycles. The Bertz CT molecular complexity index is 549. The summed E-state index contributed by atoms with van der Waals surface area (Å²) in [6, 6.07) is -0.00859. The predicted molar refractivity (Wildman–Crippen MR) is 130 cm³/mol. The Balaban J connectivity index is 0.00000300. The second-order valence-corrected chi connectivity index (χ2v) is 8.96.